The lowest BCUT2D eigenvalue weighted by Gasteiger charge is -2.26. The Kier molecular flexibility index (Phi) is 4.77. The molecular weight excluding hydrogens is 404 g/mol. The molecule has 3 heterocycles. The van der Waals surface area contributed by atoms with Crippen LogP contribution < -0.4 is 5.32 Å². The van der Waals surface area contributed by atoms with Gasteiger partial charge in [0.05, 0.1) is 23.4 Å². The van der Waals surface area contributed by atoms with Crippen molar-refractivity contribution in [2.45, 2.75) is 25.3 Å². The van der Waals surface area contributed by atoms with E-state index in [1.807, 2.05) is 0 Å². The molecule has 2 aliphatic rings. The van der Waals surface area contributed by atoms with Crippen molar-refractivity contribution in [2.24, 2.45) is 0 Å². The molecule has 1 saturated carbocycles. The standard InChI is InChI=1S/C16H19BrN6O3/c17-13-14(10-1-2-10)19-20-15(13)16(25)18-11-3-4-23(21-11)9-12(24)22-5-7-26-8-6-22/h3-4,10H,1-2,5-9H2,(H,19,20)(H,18,21,25). The van der Waals surface area contributed by atoms with Crippen LogP contribution in [0.4, 0.5) is 5.82 Å². The maximum atomic E-state index is 12.4. The van der Waals surface area contributed by atoms with E-state index in [4.69, 9.17) is 4.74 Å². The molecule has 26 heavy (non-hydrogen) atoms. The minimum atomic E-state index is -0.343. The highest BCUT2D eigenvalue weighted by atomic mass is 79.9. The third-order valence-corrected chi connectivity index (χ3v) is 5.28. The number of hydrogen-bond acceptors (Lipinski definition) is 5. The summed E-state index contributed by atoms with van der Waals surface area (Å²) in [5.74, 6) is 0.486. The second-order valence-electron chi connectivity index (χ2n) is 6.42. The molecule has 1 saturated heterocycles. The number of rotatable bonds is 5. The van der Waals surface area contributed by atoms with E-state index in [1.165, 1.54) is 4.68 Å². The molecule has 2 amide bonds. The van der Waals surface area contributed by atoms with Crippen LogP contribution >= 0.6 is 15.9 Å². The molecule has 0 aromatic carbocycles. The third kappa shape index (κ3) is 3.65. The second kappa shape index (κ2) is 7.20. The van der Waals surface area contributed by atoms with Gasteiger partial charge in [0.1, 0.15) is 6.54 Å². The Morgan fingerprint density at radius 3 is 2.85 bits per heavy atom. The lowest BCUT2D eigenvalue weighted by atomic mass is 10.2. The SMILES string of the molecule is O=C(Nc1ccn(CC(=O)N2CCOCC2)n1)c1n[nH]c(C2CC2)c1Br. The summed E-state index contributed by atoms with van der Waals surface area (Å²) in [5.41, 5.74) is 1.28. The third-order valence-electron chi connectivity index (χ3n) is 4.48. The fourth-order valence-corrected chi connectivity index (χ4v) is 3.56. The van der Waals surface area contributed by atoms with Crippen molar-refractivity contribution in [1.29, 1.82) is 0 Å². The summed E-state index contributed by atoms with van der Waals surface area (Å²) in [5, 5.41) is 14.0. The van der Waals surface area contributed by atoms with Crippen LogP contribution in [0, 0.1) is 0 Å². The number of amides is 2. The maximum absolute atomic E-state index is 12.4. The Bertz CT molecular complexity index is 822. The second-order valence-corrected chi connectivity index (χ2v) is 7.21. The number of anilines is 1. The van der Waals surface area contributed by atoms with Gasteiger partial charge in [-0.3, -0.25) is 19.4 Å². The Hall–Kier alpha value is -2.20. The average molecular weight is 423 g/mol. The molecule has 9 nitrogen and oxygen atoms in total. The molecule has 2 aromatic rings. The molecule has 1 aliphatic heterocycles. The lowest BCUT2D eigenvalue weighted by molar-refractivity contribution is -0.136. The van der Waals surface area contributed by atoms with Crippen LogP contribution in [0.3, 0.4) is 0 Å². The molecule has 0 atom stereocenters. The lowest BCUT2D eigenvalue weighted by Crippen LogP contribution is -2.42. The summed E-state index contributed by atoms with van der Waals surface area (Å²) in [7, 11) is 0. The number of hydrogen-bond donors (Lipinski definition) is 2. The molecule has 0 radical (unpaired) electrons. The Balaban J connectivity index is 1.37. The number of nitrogens with zero attached hydrogens (tertiary/aromatic N) is 4. The summed E-state index contributed by atoms with van der Waals surface area (Å²) in [6, 6.07) is 1.66. The van der Waals surface area contributed by atoms with Crippen molar-refractivity contribution in [3.8, 4) is 0 Å². The fourth-order valence-electron chi connectivity index (χ4n) is 2.88. The zero-order valence-corrected chi connectivity index (χ0v) is 15.7. The molecular formula is C16H19BrN6O3. The number of morpholine rings is 1. The van der Waals surface area contributed by atoms with E-state index in [0.717, 1.165) is 18.5 Å². The number of ether oxygens (including phenoxy) is 1. The van der Waals surface area contributed by atoms with Crippen molar-refractivity contribution in [3.63, 3.8) is 0 Å². The van der Waals surface area contributed by atoms with E-state index in [0.29, 0.717) is 48.2 Å². The molecule has 1 aliphatic carbocycles. The number of aromatic amines is 1. The van der Waals surface area contributed by atoms with Gasteiger partial charge < -0.3 is 15.0 Å². The number of aromatic nitrogens is 4. The Labute approximate surface area is 158 Å². The number of carbonyl (C=O) groups is 2. The molecule has 2 aromatic heterocycles. The highest BCUT2D eigenvalue weighted by Gasteiger charge is 2.30. The number of halogens is 1. The van der Waals surface area contributed by atoms with E-state index in [9.17, 15) is 9.59 Å². The predicted octanol–water partition coefficient (Wildman–Crippen LogP) is 1.36. The molecule has 4 rings (SSSR count). The Morgan fingerprint density at radius 2 is 2.12 bits per heavy atom. The summed E-state index contributed by atoms with van der Waals surface area (Å²) in [4.78, 5) is 26.4. The first-order chi connectivity index (χ1) is 12.6. The van der Waals surface area contributed by atoms with E-state index >= 15 is 0 Å². The molecule has 10 heteroatoms. The smallest absolute Gasteiger partial charge is 0.278 e. The summed E-state index contributed by atoms with van der Waals surface area (Å²) >= 11 is 3.45. The van der Waals surface area contributed by atoms with Crippen molar-refractivity contribution in [2.75, 3.05) is 31.6 Å². The first kappa shape index (κ1) is 17.2. The van der Waals surface area contributed by atoms with Crippen LogP contribution in [-0.2, 0) is 16.1 Å². The minimum Gasteiger partial charge on any atom is -0.378 e. The molecule has 0 unspecified atom stereocenters. The van der Waals surface area contributed by atoms with Gasteiger partial charge in [0.15, 0.2) is 11.5 Å². The van der Waals surface area contributed by atoms with E-state index in [2.05, 4.69) is 36.5 Å². The van der Waals surface area contributed by atoms with Crippen LogP contribution in [-0.4, -0.2) is 63.0 Å². The number of H-pyrrole nitrogens is 1. The van der Waals surface area contributed by atoms with Gasteiger partial charge in [-0.2, -0.15) is 10.2 Å². The summed E-state index contributed by atoms with van der Waals surface area (Å²) in [6.07, 6.45) is 3.90. The highest BCUT2D eigenvalue weighted by Crippen LogP contribution is 2.42. The van der Waals surface area contributed by atoms with Gasteiger partial charge in [-0.25, -0.2) is 0 Å². The van der Waals surface area contributed by atoms with Crippen molar-refractivity contribution < 1.29 is 14.3 Å². The maximum Gasteiger partial charge on any atom is 0.278 e. The minimum absolute atomic E-state index is 0.0154. The summed E-state index contributed by atoms with van der Waals surface area (Å²) in [6.45, 7) is 2.45. The average Bonchev–Trinajstić information content (AvgIpc) is 3.28. The number of nitrogens with one attached hydrogen (secondary N) is 2. The van der Waals surface area contributed by atoms with Gasteiger partial charge in [-0.1, -0.05) is 0 Å². The van der Waals surface area contributed by atoms with Crippen LogP contribution in [0.25, 0.3) is 0 Å². The normalized spacial score (nSPS) is 17.3. The molecule has 2 N–H and O–H groups in total. The van der Waals surface area contributed by atoms with Crippen molar-refractivity contribution in [3.05, 3.63) is 28.1 Å². The van der Waals surface area contributed by atoms with Crippen molar-refractivity contribution >= 4 is 33.6 Å². The van der Waals surface area contributed by atoms with Gasteiger partial charge in [-0.05, 0) is 28.8 Å². The van der Waals surface area contributed by atoms with Gasteiger partial charge >= 0.3 is 0 Å². The highest BCUT2D eigenvalue weighted by molar-refractivity contribution is 9.10. The summed E-state index contributed by atoms with van der Waals surface area (Å²) < 4.78 is 7.47. The zero-order chi connectivity index (χ0) is 18.1. The van der Waals surface area contributed by atoms with Crippen LogP contribution in [0.15, 0.2) is 16.7 Å². The zero-order valence-electron chi connectivity index (χ0n) is 14.1. The molecule has 2 fully saturated rings. The quantitative estimate of drug-likeness (QED) is 0.756. The van der Waals surface area contributed by atoms with Crippen molar-refractivity contribution in [1.82, 2.24) is 24.9 Å². The van der Waals surface area contributed by atoms with E-state index < -0.39 is 0 Å². The number of carbonyl (C=O) groups excluding carboxylic acids is 2. The van der Waals surface area contributed by atoms with E-state index in [1.54, 1.807) is 17.2 Å². The van der Waals surface area contributed by atoms with Gasteiger partial charge in [-0.15, -0.1) is 0 Å². The first-order valence-corrected chi connectivity index (χ1v) is 9.35. The monoisotopic (exact) mass is 422 g/mol. The molecule has 0 spiro atoms. The van der Waals surface area contributed by atoms with Crippen LogP contribution in [0.2, 0.25) is 0 Å². The largest absolute Gasteiger partial charge is 0.378 e. The van der Waals surface area contributed by atoms with Gasteiger partial charge in [0.25, 0.3) is 5.91 Å². The van der Waals surface area contributed by atoms with Gasteiger partial charge in [0, 0.05) is 31.3 Å². The fraction of sp³-hybridized carbons (Fsp3) is 0.500. The molecule has 138 valence electrons. The molecule has 0 bridgehead atoms. The topological polar surface area (TPSA) is 105 Å². The van der Waals surface area contributed by atoms with Crippen LogP contribution in [0.5, 0.6) is 0 Å². The van der Waals surface area contributed by atoms with Crippen LogP contribution in [0.1, 0.15) is 34.9 Å². The van der Waals surface area contributed by atoms with Gasteiger partial charge in [0.2, 0.25) is 5.91 Å². The first-order valence-electron chi connectivity index (χ1n) is 8.56. The van der Waals surface area contributed by atoms with E-state index in [-0.39, 0.29) is 18.4 Å². The Morgan fingerprint density at radius 1 is 1.35 bits per heavy atom. The predicted molar refractivity (Wildman–Crippen MR) is 95.8 cm³/mol.